The summed E-state index contributed by atoms with van der Waals surface area (Å²) in [4.78, 5) is 13.9. The minimum absolute atomic E-state index is 0.252. The van der Waals surface area contributed by atoms with Crippen molar-refractivity contribution in [3.63, 3.8) is 0 Å². The van der Waals surface area contributed by atoms with E-state index >= 15 is 0 Å². The highest BCUT2D eigenvalue weighted by atomic mass is 16.5. The lowest BCUT2D eigenvalue weighted by Gasteiger charge is -2.15. The molecule has 1 aliphatic rings. The van der Waals surface area contributed by atoms with Crippen molar-refractivity contribution in [3.05, 3.63) is 23.8 Å². The standard InChI is InChI=1S/C16H24N2O3/c1-20-14-6-5-13(15(11-14)21-2)12-17-8-7-16(19)18-9-3-4-10-18/h5-6,11,17H,3-4,7-10,12H2,1-2H3. The number of methoxy groups -OCH3 is 2. The van der Waals surface area contributed by atoms with Gasteiger partial charge in [0.25, 0.3) is 0 Å². The quantitative estimate of drug-likeness (QED) is 0.779. The van der Waals surface area contributed by atoms with Crippen molar-refractivity contribution < 1.29 is 14.3 Å². The first-order chi connectivity index (χ1) is 10.2. The van der Waals surface area contributed by atoms with E-state index in [4.69, 9.17) is 9.47 Å². The molecule has 0 unspecified atom stereocenters. The van der Waals surface area contributed by atoms with Crippen LogP contribution in [-0.4, -0.2) is 44.7 Å². The SMILES string of the molecule is COc1ccc(CNCCC(=O)N2CCCC2)c(OC)c1. The normalized spacial score (nSPS) is 14.3. The molecule has 5 nitrogen and oxygen atoms in total. The molecule has 1 amide bonds. The Bertz CT molecular complexity index is 471. The predicted molar refractivity (Wildman–Crippen MR) is 81.7 cm³/mol. The van der Waals surface area contributed by atoms with E-state index in [0.717, 1.165) is 43.0 Å². The Morgan fingerprint density at radius 1 is 1.24 bits per heavy atom. The summed E-state index contributed by atoms with van der Waals surface area (Å²) in [7, 11) is 3.28. The highest BCUT2D eigenvalue weighted by Gasteiger charge is 2.16. The van der Waals surface area contributed by atoms with Crippen LogP contribution in [0.4, 0.5) is 0 Å². The molecule has 5 heteroatoms. The maximum atomic E-state index is 11.9. The van der Waals surface area contributed by atoms with Gasteiger partial charge in [-0.15, -0.1) is 0 Å². The van der Waals surface area contributed by atoms with Crippen LogP contribution in [-0.2, 0) is 11.3 Å². The highest BCUT2D eigenvalue weighted by Crippen LogP contribution is 2.24. The molecule has 1 aliphatic heterocycles. The summed E-state index contributed by atoms with van der Waals surface area (Å²) < 4.78 is 10.5. The van der Waals surface area contributed by atoms with Crippen LogP contribution in [0.2, 0.25) is 0 Å². The molecule has 1 aromatic carbocycles. The number of likely N-dealkylation sites (tertiary alicyclic amines) is 1. The largest absolute Gasteiger partial charge is 0.497 e. The third kappa shape index (κ3) is 4.36. The number of hydrogen-bond donors (Lipinski definition) is 1. The van der Waals surface area contributed by atoms with Gasteiger partial charge in [-0.3, -0.25) is 4.79 Å². The number of rotatable bonds is 7. The summed E-state index contributed by atoms with van der Waals surface area (Å²) in [5, 5.41) is 3.30. The van der Waals surface area contributed by atoms with E-state index in [2.05, 4.69) is 5.32 Å². The van der Waals surface area contributed by atoms with Crippen molar-refractivity contribution in [3.8, 4) is 11.5 Å². The van der Waals surface area contributed by atoms with Crippen LogP contribution in [0.25, 0.3) is 0 Å². The number of carbonyl (C=O) groups excluding carboxylic acids is 1. The Morgan fingerprint density at radius 2 is 2.00 bits per heavy atom. The number of nitrogens with one attached hydrogen (secondary N) is 1. The summed E-state index contributed by atoms with van der Waals surface area (Å²) in [6.45, 7) is 3.21. The third-order valence-electron chi connectivity index (χ3n) is 3.78. The van der Waals surface area contributed by atoms with Crippen molar-refractivity contribution in [2.75, 3.05) is 33.9 Å². The monoisotopic (exact) mass is 292 g/mol. The molecule has 1 N–H and O–H groups in total. The summed E-state index contributed by atoms with van der Waals surface area (Å²) in [5.41, 5.74) is 1.06. The molecule has 0 spiro atoms. The van der Waals surface area contributed by atoms with Gasteiger partial charge in [-0.25, -0.2) is 0 Å². The van der Waals surface area contributed by atoms with E-state index in [1.807, 2.05) is 23.1 Å². The molecule has 0 aromatic heterocycles. The maximum Gasteiger partial charge on any atom is 0.223 e. The molecule has 1 saturated heterocycles. The maximum absolute atomic E-state index is 11.9. The van der Waals surface area contributed by atoms with Gasteiger partial charge in [-0.2, -0.15) is 0 Å². The number of nitrogens with zero attached hydrogens (tertiary/aromatic N) is 1. The minimum Gasteiger partial charge on any atom is -0.497 e. The summed E-state index contributed by atoms with van der Waals surface area (Å²) in [5.74, 6) is 1.83. The molecule has 1 aromatic rings. The van der Waals surface area contributed by atoms with Gasteiger partial charge in [0.05, 0.1) is 14.2 Å². The van der Waals surface area contributed by atoms with Crippen molar-refractivity contribution in [2.45, 2.75) is 25.8 Å². The van der Waals surface area contributed by atoms with Gasteiger partial charge in [0.15, 0.2) is 0 Å². The number of amides is 1. The molecular weight excluding hydrogens is 268 g/mol. The second kappa shape index (κ2) is 7.88. The zero-order chi connectivity index (χ0) is 15.1. The minimum atomic E-state index is 0.252. The Morgan fingerprint density at radius 3 is 2.67 bits per heavy atom. The molecule has 21 heavy (non-hydrogen) atoms. The van der Waals surface area contributed by atoms with Crippen LogP contribution in [0.5, 0.6) is 11.5 Å². The van der Waals surface area contributed by atoms with Crippen LogP contribution < -0.4 is 14.8 Å². The molecular formula is C16H24N2O3. The topological polar surface area (TPSA) is 50.8 Å². The molecule has 0 atom stereocenters. The number of hydrogen-bond acceptors (Lipinski definition) is 4. The smallest absolute Gasteiger partial charge is 0.223 e. The summed E-state index contributed by atoms with van der Waals surface area (Å²) in [6.07, 6.45) is 2.84. The van der Waals surface area contributed by atoms with Gasteiger partial charge in [0.1, 0.15) is 11.5 Å². The number of benzene rings is 1. The average Bonchev–Trinajstić information content (AvgIpc) is 3.05. The van der Waals surface area contributed by atoms with Gasteiger partial charge < -0.3 is 19.7 Å². The van der Waals surface area contributed by atoms with Crippen LogP contribution in [0.3, 0.4) is 0 Å². The molecule has 1 heterocycles. The van der Waals surface area contributed by atoms with Crippen molar-refractivity contribution in [2.24, 2.45) is 0 Å². The van der Waals surface area contributed by atoms with Crippen LogP contribution in [0, 0.1) is 0 Å². The van der Waals surface area contributed by atoms with Gasteiger partial charge in [-0.05, 0) is 18.9 Å². The van der Waals surface area contributed by atoms with Crippen molar-refractivity contribution in [1.82, 2.24) is 10.2 Å². The summed E-state index contributed by atoms with van der Waals surface area (Å²) in [6, 6.07) is 5.76. The Balaban J connectivity index is 1.76. The van der Waals surface area contributed by atoms with Crippen molar-refractivity contribution in [1.29, 1.82) is 0 Å². The Kier molecular flexibility index (Phi) is 5.87. The molecule has 0 saturated carbocycles. The van der Waals surface area contributed by atoms with E-state index < -0.39 is 0 Å². The second-order valence-corrected chi connectivity index (χ2v) is 5.19. The van der Waals surface area contributed by atoms with E-state index in [1.54, 1.807) is 14.2 Å². The van der Waals surface area contributed by atoms with E-state index in [0.29, 0.717) is 19.5 Å². The van der Waals surface area contributed by atoms with E-state index in [-0.39, 0.29) is 5.91 Å². The molecule has 0 aliphatic carbocycles. The first-order valence-electron chi connectivity index (χ1n) is 7.44. The zero-order valence-corrected chi connectivity index (χ0v) is 12.9. The van der Waals surface area contributed by atoms with E-state index in [1.165, 1.54) is 0 Å². The van der Waals surface area contributed by atoms with Crippen LogP contribution in [0.15, 0.2) is 18.2 Å². The lowest BCUT2D eigenvalue weighted by Crippen LogP contribution is -2.30. The fourth-order valence-corrected chi connectivity index (χ4v) is 2.54. The number of ether oxygens (including phenoxy) is 2. The lowest BCUT2D eigenvalue weighted by molar-refractivity contribution is -0.130. The van der Waals surface area contributed by atoms with Gasteiger partial charge in [0.2, 0.25) is 5.91 Å². The Labute approximate surface area is 126 Å². The first kappa shape index (κ1) is 15.6. The van der Waals surface area contributed by atoms with Crippen LogP contribution >= 0.6 is 0 Å². The lowest BCUT2D eigenvalue weighted by atomic mass is 10.2. The Hall–Kier alpha value is -1.75. The van der Waals surface area contributed by atoms with Crippen LogP contribution in [0.1, 0.15) is 24.8 Å². The highest BCUT2D eigenvalue weighted by molar-refractivity contribution is 5.76. The summed E-state index contributed by atoms with van der Waals surface area (Å²) >= 11 is 0. The van der Waals surface area contributed by atoms with E-state index in [9.17, 15) is 4.79 Å². The zero-order valence-electron chi connectivity index (χ0n) is 12.9. The predicted octanol–water partition coefficient (Wildman–Crippen LogP) is 1.81. The second-order valence-electron chi connectivity index (χ2n) is 5.19. The van der Waals surface area contributed by atoms with Gasteiger partial charge >= 0.3 is 0 Å². The molecule has 2 rings (SSSR count). The van der Waals surface area contributed by atoms with Gasteiger partial charge in [-0.1, -0.05) is 6.07 Å². The first-order valence-corrected chi connectivity index (χ1v) is 7.44. The fourth-order valence-electron chi connectivity index (χ4n) is 2.54. The molecule has 1 fully saturated rings. The molecule has 0 bridgehead atoms. The van der Waals surface area contributed by atoms with Crippen molar-refractivity contribution >= 4 is 5.91 Å². The average molecular weight is 292 g/mol. The molecule has 116 valence electrons. The number of carbonyl (C=O) groups is 1. The fraction of sp³-hybridized carbons (Fsp3) is 0.562. The third-order valence-corrected chi connectivity index (χ3v) is 3.78. The molecule has 0 radical (unpaired) electrons. The van der Waals surface area contributed by atoms with Gasteiger partial charge in [0, 0.05) is 44.2 Å².